The lowest BCUT2D eigenvalue weighted by atomic mass is 10.0. The normalized spacial score (nSPS) is 23.8. The summed E-state index contributed by atoms with van der Waals surface area (Å²) in [6.45, 7) is 9.83. The number of amides is 2. The summed E-state index contributed by atoms with van der Waals surface area (Å²) in [7, 11) is 1.65. The van der Waals surface area contributed by atoms with Gasteiger partial charge in [0.1, 0.15) is 5.75 Å². The molecule has 1 heterocycles. The summed E-state index contributed by atoms with van der Waals surface area (Å²) in [5, 5.41) is 3.11. The van der Waals surface area contributed by atoms with E-state index in [0.717, 1.165) is 12.2 Å². The van der Waals surface area contributed by atoms with E-state index < -0.39 is 0 Å². The summed E-state index contributed by atoms with van der Waals surface area (Å²) < 4.78 is 5.16. The second-order valence-electron chi connectivity index (χ2n) is 8.72. The molecular formula is C21H30N2O3. The van der Waals surface area contributed by atoms with E-state index in [1.165, 1.54) is 5.56 Å². The Labute approximate surface area is 156 Å². The van der Waals surface area contributed by atoms with Crippen LogP contribution in [-0.2, 0) is 16.0 Å². The molecule has 5 heteroatoms. The molecule has 2 fully saturated rings. The molecule has 0 aromatic heterocycles. The van der Waals surface area contributed by atoms with Crippen LogP contribution in [-0.4, -0.2) is 43.0 Å². The average Bonchev–Trinajstić information content (AvgIpc) is 2.82. The molecule has 1 aromatic carbocycles. The van der Waals surface area contributed by atoms with Crippen LogP contribution in [0.15, 0.2) is 24.3 Å². The fourth-order valence-corrected chi connectivity index (χ4v) is 4.28. The Bertz CT molecular complexity index is 680. The summed E-state index contributed by atoms with van der Waals surface area (Å²) in [6.07, 6.45) is 1.21. The van der Waals surface area contributed by atoms with E-state index in [1.54, 1.807) is 7.11 Å². The van der Waals surface area contributed by atoms with Gasteiger partial charge in [-0.25, -0.2) is 0 Å². The molecule has 1 saturated carbocycles. The van der Waals surface area contributed by atoms with Gasteiger partial charge in [-0.2, -0.15) is 0 Å². The van der Waals surface area contributed by atoms with Crippen molar-refractivity contribution in [2.45, 2.75) is 46.6 Å². The van der Waals surface area contributed by atoms with Crippen LogP contribution in [0.2, 0.25) is 0 Å². The Balaban J connectivity index is 1.50. The molecule has 1 unspecified atom stereocenters. The number of likely N-dealkylation sites (tertiary alicyclic amines) is 1. The third-order valence-corrected chi connectivity index (χ3v) is 6.67. The largest absolute Gasteiger partial charge is 0.497 e. The van der Waals surface area contributed by atoms with Gasteiger partial charge in [-0.15, -0.1) is 0 Å². The summed E-state index contributed by atoms with van der Waals surface area (Å²) in [4.78, 5) is 26.7. The molecule has 1 saturated heterocycles. The topological polar surface area (TPSA) is 58.6 Å². The number of benzene rings is 1. The Hall–Kier alpha value is -2.04. The molecule has 1 N–H and O–H groups in total. The lowest BCUT2D eigenvalue weighted by molar-refractivity contribution is -0.127. The van der Waals surface area contributed by atoms with Crippen molar-refractivity contribution in [3.63, 3.8) is 0 Å². The first-order valence-corrected chi connectivity index (χ1v) is 9.38. The maximum Gasteiger partial charge on any atom is 0.224 e. The van der Waals surface area contributed by atoms with Gasteiger partial charge in [-0.1, -0.05) is 39.8 Å². The quantitative estimate of drug-likeness (QED) is 0.850. The average molecular weight is 358 g/mol. The molecular weight excluding hydrogens is 328 g/mol. The molecule has 2 aliphatic rings. The SMILES string of the molecule is COc1ccc(CCN2CC(NC(=O)C3C(C)(C)C3(C)C)CC2=O)cc1. The van der Waals surface area contributed by atoms with Crippen LogP contribution in [0.4, 0.5) is 0 Å². The Morgan fingerprint density at radius 1 is 1.19 bits per heavy atom. The molecule has 1 aromatic rings. The van der Waals surface area contributed by atoms with Crippen molar-refractivity contribution >= 4 is 11.8 Å². The molecule has 1 atom stereocenters. The highest BCUT2D eigenvalue weighted by Gasteiger charge is 2.68. The van der Waals surface area contributed by atoms with Gasteiger partial charge >= 0.3 is 0 Å². The van der Waals surface area contributed by atoms with Crippen molar-refractivity contribution in [3.05, 3.63) is 29.8 Å². The van der Waals surface area contributed by atoms with E-state index in [4.69, 9.17) is 4.74 Å². The van der Waals surface area contributed by atoms with E-state index in [2.05, 4.69) is 33.0 Å². The first-order valence-electron chi connectivity index (χ1n) is 9.38. The number of hydrogen-bond donors (Lipinski definition) is 1. The molecule has 3 rings (SSSR count). The van der Waals surface area contributed by atoms with Gasteiger partial charge in [0.05, 0.1) is 13.2 Å². The van der Waals surface area contributed by atoms with Gasteiger partial charge < -0.3 is 15.0 Å². The van der Waals surface area contributed by atoms with Crippen molar-refractivity contribution in [2.24, 2.45) is 16.7 Å². The second kappa shape index (κ2) is 6.60. The van der Waals surface area contributed by atoms with Crippen LogP contribution in [0.5, 0.6) is 5.75 Å². The minimum atomic E-state index is -0.0712. The number of ether oxygens (including phenoxy) is 1. The Morgan fingerprint density at radius 2 is 1.81 bits per heavy atom. The molecule has 0 spiro atoms. The monoisotopic (exact) mass is 358 g/mol. The first kappa shape index (κ1) is 18.7. The van der Waals surface area contributed by atoms with Crippen LogP contribution in [0.25, 0.3) is 0 Å². The van der Waals surface area contributed by atoms with Crippen LogP contribution in [0, 0.1) is 16.7 Å². The third kappa shape index (κ3) is 3.31. The molecule has 0 radical (unpaired) electrons. The number of nitrogens with zero attached hydrogens (tertiary/aromatic N) is 1. The van der Waals surface area contributed by atoms with E-state index in [1.807, 2.05) is 29.2 Å². The number of nitrogens with one attached hydrogen (secondary N) is 1. The third-order valence-electron chi connectivity index (χ3n) is 6.67. The number of carbonyl (C=O) groups is 2. The maximum absolute atomic E-state index is 12.6. The number of hydrogen-bond acceptors (Lipinski definition) is 3. The lowest BCUT2D eigenvalue weighted by Crippen LogP contribution is -2.39. The van der Waals surface area contributed by atoms with Gasteiger partial charge in [0.2, 0.25) is 11.8 Å². The van der Waals surface area contributed by atoms with Crippen molar-refractivity contribution < 1.29 is 14.3 Å². The number of carbonyl (C=O) groups excluding carboxylic acids is 2. The number of rotatable bonds is 6. The predicted molar refractivity (Wildman–Crippen MR) is 101 cm³/mol. The van der Waals surface area contributed by atoms with Gasteiger partial charge in [0, 0.05) is 25.4 Å². The minimum Gasteiger partial charge on any atom is -0.497 e. The molecule has 26 heavy (non-hydrogen) atoms. The molecule has 142 valence electrons. The van der Waals surface area contributed by atoms with Crippen molar-refractivity contribution in [2.75, 3.05) is 20.2 Å². The first-order chi connectivity index (χ1) is 12.2. The minimum absolute atomic E-state index is 0.0216. The lowest BCUT2D eigenvalue weighted by Gasteiger charge is -2.17. The molecule has 1 aliphatic heterocycles. The number of methoxy groups -OCH3 is 1. The zero-order valence-electron chi connectivity index (χ0n) is 16.5. The standard InChI is InChI=1S/C21H30N2O3/c1-20(2)18(21(20,3)4)19(25)22-15-12-17(24)23(13-15)11-10-14-6-8-16(26-5)9-7-14/h6-9,15,18H,10-13H2,1-5H3,(H,22,25). The van der Waals surface area contributed by atoms with Gasteiger partial charge in [0.15, 0.2) is 0 Å². The smallest absolute Gasteiger partial charge is 0.224 e. The summed E-state index contributed by atoms with van der Waals surface area (Å²) in [5.74, 6) is 1.08. The van der Waals surface area contributed by atoms with Crippen LogP contribution in [0.3, 0.4) is 0 Å². The summed E-state index contributed by atoms with van der Waals surface area (Å²) in [5.41, 5.74) is 1.22. The van der Waals surface area contributed by atoms with Crippen LogP contribution in [0.1, 0.15) is 39.7 Å². The predicted octanol–water partition coefficient (Wildman–Crippen LogP) is 2.64. The summed E-state index contributed by atoms with van der Waals surface area (Å²) >= 11 is 0. The van der Waals surface area contributed by atoms with E-state index in [-0.39, 0.29) is 34.6 Å². The van der Waals surface area contributed by atoms with Gasteiger partial charge in [0.25, 0.3) is 0 Å². The van der Waals surface area contributed by atoms with Gasteiger partial charge in [-0.3, -0.25) is 9.59 Å². The van der Waals surface area contributed by atoms with Gasteiger partial charge in [-0.05, 0) is 34.9 Å². The van der Waals surface area contributed by atoms with Crippen LogP contribution >= 0.6 is 0 Å². The Morgan fingerprint density at radius 3 is 2.35 bits per heavy atom. The molecule has 5 nitrogen and oxygen atoms in total. The van der Waals surface area contributed by atoms with Crippen molar-refractivity contribution in [3.8, 4) is 5.75 Å². The fraction of sp³-hybridized carbons (Fsp3) is 0.619. The van der Waals surface area contributed by atoms with E-state index >= 15 is 0 Å². The zero-order chi connectivity index (χ0) is 19.1. The highest BCUT2D eigenvalue weighted by atomic mass is 16.5. The van der Waals surface area contributed by atoms with Crippen LogP contribution < -0.4 is 10.1 Å². The summed E-state index contributed by atoms with van der Waals surface area (Å²) in [6, 6.07) is 7.84. The Kier molecular flexibility index (Phi) is 4.76. The highest BCUT2D eigenvalue weighted by Crippen LogP contribution is 2.68. The van der Waals surface area contributed by atoms with E-state index in [9.17, 15) is 9.59 Å². The van der Waals surface area contributed by atoms with Crippen molar-refractivity contribution in [1.29, 1.82) is 0 Å². The van der Waals surface area contributed by atoms with Crippen molar-refractivity contribution in [1.82, 2.24) is 10.2 Å². The van der Waals surface area contributed by atoms with E-state index in [0.29, 0.717) is 19.5 Å². The zero-order valence-corrected chi connectivity index (χ0v) is 16.5. The molecule has 1 aliphatic carbocycles. The molecule has 2 amide bonds. The second-order valence-corrected chi connectivity index (χ2v) is 8.72. The highest BCUT2D eigenvalue weighted by molar-refractivity contribution is 5.86. The molecule has 0 bridgehead atoms. The maximum atomic E-state index is 12.6. The fourth-order valence-electron chi connectivity index (χ4n) is 4.28.